The van der Waals surface area contributed by atoms with Gasteiger partial charge in [-0.2, -0.15) is 0 Å². The van der Waals surface area contributed by atoms with E-state index in [1.807, 2.05) is 0 Å². The first-order chi connectivity index (χ1) is 18.8. The number of aliphatic hydroxyl groups excluding tert-OH is 2. The molecule has 3 N–H and O–H groups in total. The number of aliphatic hydroxyl groups is 3. The molecule has 0 radical (unpaired) electrons. The third kappa shape index (κ3) is 5.14. The normalized spacial score (nSPS) is 40.5. The van der Waals surface area contributed by atoms with Gasteiger partial charge < -0.3 is 39.0 Å². The van der Waals surface area contributed by atoms with E-state index in [9.17, 15) is 34.5 Å². The molecular weight excluding hydrogens is 540 g/mol. The maximum atomic E-state index is 13.4. The van der Waals surface area contributed by atoms with Gasteiger partial charge in [-0.3, -0.25) is 19.2 Å². The van der Waals surface area contributed by atoms with Gasteiger partial charge in [-0.15, -0.1) is 0 Å². The molecule has 3 aliphatic rings. The Bertz CT molecular complexity index is 1040. The van der Waals surface area contributed by atoms with Gasteiger partial charge in [0.15, 0.2) is 6.10 Å². The lowest BCUT2D eigenvalue weighted by Gasteiger charge is -2.66. The van der Waals surface area contributed by atoms with E-state index in [1.165, 1.54) is 6.92 Å². The molecular formula is C29H46O12. The highest BCUT2D eigenvalue weighted by atomic mass is 16.6. The van der Waals surface area contributed by atoms with Crippen LogP contribution in [0.1, 0.15) is 81.6 Å². The molecule has 11 atom stereocenters. The van der Waals surface area contributed by atoms with E-state index in [4.69, 9.17) is 23.7 Å². The Morgan fingerprint density at radius 1 is 0.878 bits per heavy atom. The van der Waals surface area contributed by atoms with Gasteiger partial charge in [0.25, 0.3) is 0 Å². The molecule has 234 valence electrons. The molecule has 3 fully saturated rings. The molecule has 0 aromatic heterocycles. The van der Waals surface area contributed by atoms with Crippen molar-refractivity contribution in [1.82, 2.24) is 0 Å². The number of carbonyl (C=O) groups is 4. The number of ether oxygens (including phenoxy) is 5. The van der Waals surface area contributed by atoms with Crippen LogP contribution in [0, 0.1) is 23.2 Å². The van der Waals surface area contributed by atoms with Gasteiger partial charge in [-0.25, -0.2) is 0 Å². The third-order valence-electron chi connectivity index (χ3n) is 9.42. The molecule has 0 amide bonds. The van der Waals surface area contributed by atoms with Crippen LogP contribution in [0.15, 0.2) is 0 Å². The number of fused-ring (bicyclic) bond motifs is 1. The van der Waals surface area contributed by atoms with Gasteiger partial charge in [-0.05, 0) is 33.6 Å². The molecule has 1 heterocycles. The van der Waals surface area contributed by atoms with Crippen molar-refractivity contribution < 1.29 is 58.2 Å². The van der Waals surface area contributed by atoms with Crippen LogP contribution in [-0.2, 0) is 42.9 Å². The first-order valence-corrected chi connectivity index (χ1v) is 14.3. The summed E-state index contributed by atoms with van der Waals surface area (Å²) in [6.45, 7) is 13.0. The minimum absolute atomic E-state index is 0.396. The predicted molar refractivity (Wildman–Crippen MR) is 142 cm³/mol. The molecule has 1 saturated heterocycles. The van der Waals surface area contributed by atoms with Crippen LogP contribution >= 0.6 is 0 Å². The van der Waals surface area contributed by atoms with E-state index in [2.05, 4.69) is 0 Å². The fourth-order valence-corrected chi connectivity index (χ4v) is 7.17. The first-order valence-electron chi connectivity index (χ1n) is 14.3. The number of hydrogen-bond acceptors (Lipinski definition) is 12. The average molecular weight is 587 g/mol. The van der Waals surface area contributed by atoms with Gasteiger partial charge in [0.05, 0.1) is 41.2 Å². The summed E-state index contributed by atoms with van der Waals surface area (Å²) in [7, 11) is 0. The molecule has 1 aliphatic heterocycles. The fourth-order valence-electron chi connectivity index (χ4n) is 7.17. The second-order valence-corrected chi connectivity index (χ2v) is 12.7. The summed E-state index contributed by atoms with van der Waals surface area (Å²) in [5, 5.41) is 35.6. The minimum Gasteiger partial charge on any atom is -0.464 e. The van der Waals surface area contributed by atoms with Crippen LogP contribution in [0.25, 0.3) is 0 Å². The van der Waals surface area contributed by atoms with Gasteiger partial charge in [0.1, 0.15) is 29.8 Å². The van der Waals surface area contributed by atoms with Crippen LogP contribution in [0.2, 0.25) is 0 Å². The van der Waals surface area contributed by atoms with E-state index in [0.29, 0.717) is 12.8 Å². The molecule has 41 heavy (non-hydrogen) atoms. The molecule has 1 spiro atoms. The second kappa shape index (κ2) is 11.4. The summed E-state index contributed by atoms with van der Waals surface area (Å²) in [6, 6.07) is 0. The van der Waals surface area contributed by atoms with E-state index in [-0.39, 0.29) is 0 Å². The lowest BCUT2D eigenvalue weighted by atomic mass is 9.45. The van der Waals surface area contributed by atoms with Crippen molar-refractivity contribution in [2.45, 2.75) is 129 Å². The zero-order valence-electron chi connectivity index (χ0n) is 25.5. The Morgan fingerprint density at radius 2 is 1.41 bits per heavy atom. The smallest absolute Gasteiger partial charge is 0.309 e. The lowest BCUT2D eigenvalue weighted by Crippen LogP contribution is -2.85. The summed E-state index contributed by atoms with van der Waals surface area (Å²) in [5.74, 6) is -5.17. The summed E-state index contributed by atoms with van der Waals surface area (Å²) in [4.78, 5) is 51.4. The molecule has 0 aromatic carbocycles. The topological polar surface area (TPSA) is 175 Å². The Balaban J connectivity index is 2.44. The highest BCUT2D eigenvalue weighted by molar-refractivity contribution is 5.73. The van der Waals surface area contributed by atoms with Crippen molar-refractivity contribution in [3.05, 3.63) is 0 Å². The molecule has 3 rings (SSSR count). The van der Waals surface area contributed by atoms with Crippen LogP contribution in [0.5, 0.6) is 0 Å². The maximum absolute atomic E-state index is 13.4. The molecule has 0 aromatic rings. The lowest BCUT2D eigenvalue weighted by molar-refractivity contribution is -0.364. The van der Waals surface area contributed by atoms with Crippen molar-refractivity contribution in [3.63, 3.8) is 0 Å². The summed E-state index contributed by atoms with van der Waals surface area (Å²) in [5.41, 5.74) is -7.61. The second-order valence-electron chi connectivity index (χ2n) is 12.7. The van der Waals surface area contributed by atoms with Crippen molar-refractivity contribution in [3.8, 4) is 0 Å². The Hall–Kier alpha value is -2.28. The molecule has 12 heteroatoms. The third-order valence-corrected chi connectivity index (χ3v) is 9.42. The maximum Gasteiger partial charge on any atom is 0.309 e. The van der Waals surface area contributed by atoms with E-state index < -0.39 is 107 Å². The fraction of sp³-hybridized carbons (Fsp3) is 0.862. The molecule has 2 saturated carbocycles. The Kier molecular flexibility index (Phi) is 9.26. The zero-order valence-corrected chi connectivity index (χ0v) is 25.5. The van der Waals surface area contributed by atoms with Crippen molar-refractivity contribution >= 4 is 23.9 Å². The number of esters is 4. The average Bonchev–Trinajstić information content (AvgIpc) is 3.05. The minimum atomic E-state index is -2.13. The van der Waals surface area contributed by atoms with Gasteiger partial charge >= 0.3 is 23.9 Å². The SMILES string of the molecule is CCC(C)C(=O)OCC12C(OC(C)=O)C(O)CC(C)(O)C13OC(C)(C)C(C(OC(C)=O)C2OC(=O)C(C)CC)C3O. The van der Waals surface area contributed by atoms with Crippen molar-refractivity contribution in [2.24, 2.45) is 23.2 Å². The molecule has 2 aliphatic carbocycles. The number of rotatable bonds is 9. The number of hydrogen-bond donors (Lipinski definition) is 3. The van der Waals surface area contributed by atoms with E-state index in [1.54, 1.807) is 41.5 Å². The van der Waals surface area contributed by atoms with Gasteiger partial charge in [-0.1, -0.05) is 27.7 Å². The monoisotopic (exact) mass is 586 g/mol. The first kappa shape index (κ1) is 33.2. The molecule has 12 nitrogen and oxygen atoms in total. The standard InChI is InChI=1S/C29H46O12/c1-10-14(3)24(34)37-13-28-22(39-17(6)31)18(32)12-27(9,36)29(28)21(33)19(26(7,8)41-29)20(38-16(5)30)23(28)40-25(35)15(4)11-2/h14-15,18-23,32-33,36H,10-13H2,1-9H3. The molecule has 11 unspecified atom stereocenters. The van der Waals surface area contributed by atoms with Crippen LogP contribution in [0.3, 0.4) is 0 Å². The van der Waals surface area contributed by atoms with E-state index >= 15 is 0 Å². The molecule has 2 bridgehead atoms. The number of carbonyl (C=O) groups excluding carboxylic acids is 4. The quantitative estimate of drug-likeness (QED) is 0.262. The predicted octanol–water partition coefficient (Wildman–Crippen LogP) is 1.44. The van der Waals surface area contributed by atoms with Crippen LogP contribution in [-0.4, -0.2) is 93.1 Å². The Morgan fingerprint density at radius 3 is 1.93 bits per heavy atom. The Labute approximate surface area is 241 Å². The van der Waals surface area contributed by atoms with Gasteiger partial charge in [0.2, 0.25) is 0 Å². The summed E-state index contributed by atoms with van der Waals surface area (Å²) in [6.07, 6.45) is -7.38. The van der Waals surface area contributed by atoms with Gasteiger partial charge in [0, 0.05) is 20.3 Å². The highest BCUT2D eigenvalue weighted by Crippen LogP contribution is 2.68. The zero-order chi connectivity index (χ0) is 31.3. The van der Waals surface area contributed by atoms with Crippen molar-refractivity contribution in [1.29, 1.82) is 0 Å². The largest absolute Gasteiger partial charge is 0.464 e. The van der Waals surface area contributed by atoms with E-state index in [0.717, 1.165) is 13.8 Å². The van der Waals surface area contributed by atoms with Crippen LogP contribution in [0.4, 0.5) is 0 Å². The summed E-state index contributed by atoms with van der Waals surface area (Å²) >= 11 is 0. The van der Waals surface area contributed by atoms with Crippen LogP contribution < -0.4 is 0 Å². The summed E-state index contributed by atoms with van der Waals surface area (Å²) < 4.78 is 29.9. The highest BCUT2D eigenvalue weighted by Gasteiger charge is 2.87. The van der Waals surface area contributed by atoms with Crippen molar-refractivity contribution in [2.75, 3.05) is 6.61 Å².